The molecule has 2 atom stereocenters. The summed E-state index contributed by atoms with van der Waals surface area (Å²) in [5.41, 5.74) is -0.378. The zero-order valence-electron chi connectivity index (χ0n) is 11.7. The normalized spacial score (nSPS) is 29.8. The quantitative estimate of drug-likeness (QED) is 0.778. The molecule has 0 bridgehead atoms. The predicted octanol–water partition coefficient (Wildman–Crippen LogP) is 2.18. The number of hydrogen-bond acceptors (Lipinski definition) is 4. The van der Waals surface area contributed by atoms with Gasteiger partial charge in [0.15, 0.2) is 0 Å². The van der Waals surface area contributed by atoms with Gasteiger partial charge in [0.1, 0.15) is 0 Å². The number of thioether (sulfide) groups is 1. The van der Waals surface area contributed by atoms with Gasteiger partial charge in [0.25, 0.3) is 0 Å². The van der Waals surface area contributed by atoms with E-state index in [1.807, 2.05) is 13.2 Å². The predicted molar refractivity (Wildman–Crippen MR) is 77.2 cm³/mol. The highest BCUT2D eigenvalue weighted by Crippen LogP contribution is 2.43. The minimum Gasteiger partial charge on any atom is -0.388 e. The highest BCUT2D eigenvalue weighted by molar-refractivity contribution is 7.98. The van der Waals surface area contributed by atoms with Gasteiger partial charge < -0.3 is 15.2 Å². The van der Waals surface area contributed by atoms with Gasteiger partial charge in [0.05, 0.1) is 17.3 Å². The van der Waals surface area contributed by atoms with Crippen LogP contribution in [0.3, 0.4) is 0 Å². The third-order valence-corrected chi connectivity index (χ3v) is 5.10. The molecule has 1 saturated heterocycles. The van der Waals surface area contributed by atoms with Crippen LogP contribution in [0.1, 0.15) is 45.4 Å². The number of nitrogens with one attached hydrogen (secondary N) is 1. The van der Waals surface area contributed by atoms with Crippen molar-refractivity contribution in [3.63, 3.8) is 0 Å². The number of rotatable bonds is 6. The lowest BCUT2D eigenvalue weighted by Crippen LogP contribution is -2.42. The Balaban J connectivity index is 1.66. The molecule has 3 nitrogen and oxygen atoms in total. The van der Waals surface area contributed by atoms with Crippen LogP contribution in [0.4, 0.5) is 0 Å². The summed E-state index contributed by atoms with van der Waals surface area (Å²) in [4.78, 5) is 0. The molecule has 1 saturated carbocycles. The maximum Gasteiger partial charge on any atom is 0.0833 e. The Labute approximate surface area is 115 Å². The van der Waals surface area contributed by atoms with E-state index in [0.29, 0.717) is 12.6 Å². The van der Waals surface area contributed by atoms with Gasteiger partial charge in [-0.25, -0.2) is 0 Å². The lowest BCUT2D eigenvalue weighted by Gasteiger charge is -2.26. The second kappa shape index (κ2) is 6.12. The second-order valence-electron chi connectivity index (χ2n) is 6.23. The first-order valence-corrected chi connectivity index (χ1v) is 8.55. The van der Waals surface area contributed by atoms with Crippen LogP contribution < -0.4 is 5.32 Å². The van der Waals surface area contributed by atoms with Gasteiger partial charge >= 0.3 is 0 Å². The van der Waals surface area contributed by atoms with E-state index >= 15 is 0 Å². The van der Waals surface area contributed by atoms with Crippen LogP contribution >= 0.6 is 11.8 Å². The van der Waals surface area contributed by atoms with E-state index in [1.165, 1.54) is 38.5 Å². The highest BCUT2D eigenvalue weighted by atomic mass is 32.2. The molecule has 4 heteroatoms. The fourth-order valence-electron chi connectivity index (χ4n) is 3.29. The Morgan fingerprint density at radius 2 is 2.11 bits per heavy atom. The van der Waals surface area contributed by atoms with Crippen LogP contribution in [0.15, 0.2) is 0 Å². The van der Waals surface area contributed by atoms with Crippen LogP contribution in [0.25, 0.3) is 0 Å². The molecule has 0 aromatic carbocycles. The van der Waals surface area contributed by atoms with E-state index in [9.17, 15) is 5.11 Å². The third kappa shape index (κ3) is 3.86. The summed E-state index contributed by atoms with van der Waals surface area (Å²) < 4.78 is 6.24. The Hall–Kier alpha value is 0.230. The van der Waals surface area contributed by atoms with Gasteiger partial charge in [-0.3, -0.25) is 0 Å². The molecular weight excluding hydrogens is 246 g/mol. The van der Waals surface area contributed by atoms with Crippen LogP contribution in [-0.2, 0) is 4.74 Å². The summed E-state index contributed by atoms with van der Waals surface area (Å²) in [6.45, 7) is 3.43. The molecule has 2 rings (SSSR count). The average Bonchev–Trinajstić information content (AvgIpc) is 2.90. The van der Waals surface area contributed by atoms with Crippen molar-refractivity contribution in [2.24, 2.45) is 0 Å². The van der Waals surface area contributed by atoms with Crippen LogP contribution in [0.2, 0.25) is 0 Å². The molecule has 1 spiro atoms. The lowest BCUT2D eigenvalue weighted by atomic mass is 9.98. The first kappa shape index (κ1) is 14.6. The summed E-state index contributed by atoms with van der Waals surface area (Å²) in [6, 6.07) is 0. The second-order valence-corrected chi connectivity index (χ2v) is 7.10. The Morgan fingerprint density at radius 1 is 1.39 bits per heavy atom. The summed E-state index contributed by atoms with van der Waals surface area (Å²) in [5, 5.41) is 13.4. The van der Waals surface area contributed by atoms with Crippen molar-refractivity contribution in [1.82, 2.24) is 5.32 Å². The van der Waals surface area contributed by atoms with E-state index < -0.39 is 5.60 Å². The fraction of sp³-hybridized carbons (Fsp3) is 1.00. The minimum absolute atomic E-state index is 0.230. The molecule has 0 radical (unpaired) electrons. The number of hydrogen-bond donors (Lipinski definition) is 2. The zero-order valence-corrected chi connectivity index (χ0v) is 12.5. The maximum atomic E-state index is 10.1. The van der Waals surface area contributed by atoms with E-state index in [-0.39, 0.29) is 5.60 Å². The molecule has 2 fully saturated rings. The maximum absolute atomic E-state index is 10.1. The fourth-order valence-corrected chi connectivity index (χ4v) is 4.01. The highest BCUT2D eigenvalue weighted by Gasteiger charge is 2.41. The van der Waals surface area contributed by atoms with E-state index in [4.69, 9.17) is 4.74 Å². The molecular formula is C14H27NO2S. The lowest BCUT2D eigenvalue weighted by molar-refractivity contribution is -0.0366. The molecule has 2 unspecified atom stereocenters. The molecule has 2 aliphatic rings. The van der Waals surface area contributed by atoms with Crippen LogP contribution in [0, 0.1) is 0 Å². The topological polar surface area (TPSA) is 41.5 Å². The van der Waals surface area contributed by atoms with Crippen molar-refractivity contribution in [1.29, 1.82) is 0 Å². The summed E-state index contributed by atoms with van der Waals surface area (Å²) in [6.07, 6.45) is 9.98. The van der Waals surface area contributed by atoms with Gasteiger partial charge in [0, 0.05) is 18.8 Å². The molecule has 1 aliphatic carbocycles. The van der Waals surface area contributed by atoms with Crippen molar-refractivity contribution >= 4 is 11.8 Å². The molecule has 18 heavy (non-hydrogen) atoms. The van der Waals surface area contributed by atoms with Crippen LogP contribution in [-0.4, -0.2) is 47.5 Å². The minimum atomic E-state index is -0.608. The van der Waals surface area contributed by atoms with E-state index in [2.05, 4.69) is 5.32 Å². The molecule has 1 aliphatic heterocycles. The average molecular weight is 273 g/mol. The molecule has 106 valence electrons. The van der Waals surface area contributed by atoms with Crippen molar-refractivity contribution in [3.8, 4) is 0 Å². The number of ether oxygens (including phenoxy) is 1. The summed E-state index contributed by atoms with van der Waals surface area (Å²) in [7, 11) is 0. The van der Waals surface area contributed by atoms with Gasteiger partial charge in [0.2, 0.25) is 0 Å². The Bertz CT molecular complexity index is 265. The van der Waals surface area contributed by atoms with Crippen molar-refractivity contribution in [3.05, 3.63) is 0 Å². The molecule has 1 heterocycles. The molecule has 0 aromatic heterocycles. The van der Waals surface area contributed by atoms with Crippen LogP contribution in [0.5, 0.6) is 0 Å². The third-order valence-electron chi connectivity index (χ3n) is 4.19. The Morgan fingerprint density at radius 3 is 2.78 bits per heavy atom. The standard InChI is InChI=1S/C14H27NO2S/c1-13(16,11-18-2)10-15-9-12-5-8-14(17-12)6-3-4-7-14/h12,15-16H,3-11H2,1-2H3. The smallest absolute Gasteiger partial charge is 0.0833 e. The van der Waals surface area contributed by atoms with Gasteiger partial charge in [-0.2, -0.15) is 11.8 Å². The summed E-state index contributed by atoms with van der Waals surface area (Å²) >= 11 is 1.69. The van der Waals surface area contributed by atoms with Crippen molar-refractivity contribution in [2.75, 3.05) is 25.1 Å². The monoisotopic (exact) mass is 273 g/mol. The zero-order chi connectivity index (χ0) is 13.1. The van der Waals surface area contributed by atoms with Gasteiger partial charge in [-0.15, -0.1) is 0 Å². The first-order valence-electron chi connectivity index (χ1n) is 7.15. The van der Waals surface area contributed by atoms with Gasteiger partial charge in [-0.1, -0.05) is 12.8 Å². The molecule has 0 amide bonds. The number of aliphatic hydroxyl groups is 1. The first-order chi connectivity index (χ1) is 8.55. The Kier molecular flexibility index (Phi) is 4.98. The van der Waals surface area contributed by atoms with Crippen molar-refractivity contribution < 1.29 is 9.84 Å². The van der Waals surface area contributed by atoms with Gasteiger partial charge in [-0.05, 0) is 38.9 Å². The molecule has 0 aromatic rings. The van der Waals surface area contributed by atoms with Crippen molar-refractivity contribution in [2.45, 2.75) is 62.8 Å². The van der Waals surface area contributed by atoms with E-state index in [1.54, 1.807) is 11.8 Å². The largest absolute Gasteiger partial charge is 0.388 e. The van der Waals surface area contributed by atoms with E-state index in [0.717, 1.165) is 12.3 Å². The summed E-state index contributed by atoms with van der Waals surface area (Å²) in [5.74, 6) is 0.773. The molecule has 2 N–H and O–H groups in total. The SMILES string of the molecule is CSCC(C)(O)CNCC1CCC2(CCCC2)O1.